The van der Waals surface area contributed by atoms with Crippen LogP contribution in [0.5, 0.6) is 0 Å². The largest absolute Gasteiger partial charge is 0.421 e. The number of aryl methyl sites for hydroxylation is 1. The van der Waals surface area contributed by atoms with E-state index in [0.29, 0.717) is 11.6 Å². The van der Waals surface area contributed by atoms with Gasteiger partial charge in [-0.25, -0.2) is 4.98 Å². The van der Waals surface area contributed by atoms with Gasteiger partial charge in [0.2, 0.25) is 5.95 Å². The zero-order chi connectivity index (χ0) is 24.7. The molecular weight excluding hydrogens is 449 g/mol. The monoisotopic (exact) mass is 482 g/mol. The molecule has 2 N–H and O–H groups in total. The highest BCUT2D eigenvalue weighted by Gasteiger charge is 2.35. The van der Waals surface area contributed by atoms with Crippen molar-refractivity contribution in [2.45, 2.75) is 76.8 Å². The molecule has 1 fully saturated rings. The highest BCUT2D eigenvalue weighted by atomic mass is 19.4. The molecule has 0 radical (unpaired) electrons. The molecule has 3 aromatic rings. The van der Waals surface area contributed by atoms with Crippen LogP contribution in [0.25, 0.3) is 0 Å². The van der Waals surface area contributed by atoms with Crippen LogP contribution in [0.4, 0.5) is 36.3 Å². The molecule has 1 aliphatic rings. The average Bonchev–Trinajstić information content (AvgIpc) is 2.85. The number of rotatable bonds is 9. The average molecular weight is 483 g/mol. The number of hydrogen-bond donors (Lipinski definition) is 2. The normalized spacial score (nSPS) is 14.6. The number of aromatic nitrogens is 2. The van der Waals surface area contributed by atoms with Crippen LogP contribution in [-0.2, 0) is 12.6 Å². The molecule has 4 nitrogen and oxygen atoms in total. The summed E-state index contributed by atoms with van der Waals surface area (Å²) < 4.78 is 41.1. The van der Waals surface area contributed by atoms with Gasteiger partial charge in [-0.1, -0.05) is 63.3 Å². The molecule has 186 valence electrons. The van der Waals surface area contributed by atoms with Gasteiger partial charge in [0, 0.05) is 17.6 Å². The molecule has 1 saturated carbocycles. The van der Waals surface area contributed by atoms with E-state index in [2.05, 4.69) is 33.6 Å². The van der Waals surface area contributed by atoms with Crippen LogP contribution in [0, 0.1) is 0 Å². The van der Waals surface area contributed by atoms with Crippen LogP contribution >= 0.6 is 0 Å². The van der Waals surface area contributed by atoms with Crippen molar-refractivity contribution in [2.24, 2.45) is 0 Å². The Bertz CT molecular complexity index is 1090. The van der Waals surface area contributed by atoms with Crippen LogP contribution < -0.4 is 10.6 Å². The first-order valence-corrected chi connectivity index (χ1v) is 12.6. The van der Waals surface area contributed by atoms with E-state index in [1.165, 1.54) is 37.7 Å². The molecule has 1 aromatic heterocycles. The Hall–Kier alpha value is -3.09. The second kappa shape index (κ2) is 11.6. The summed E-state index contributed by atoms with van der Waals surface area (Å²) >= 11 is 0. The van der Waals surface area contributed by atoms with Crippen molar-refractivity contribution in [2.75, 3.05) is 10.6 Å². The fraction of sp³-hybridized carbons (Fsp3) is 0.429. The highest BCUT2D eigenvalue weighted by molar-refractivity contribution is 5.63. The van der Waals surface area contributed by atoms with E-state index in [1.54, 1.807) is 6.07 Å². The Kier molecular flexibility index (Phi) is 8.26. The smallest absolute Gasteiger partial charge is 0.340 e. The fourth-order valence-electron chi connectivity index (χ4n) is 4.65. The van der Waals surface area contributed by atoms with Gasteiger partial charge in [0.1, 0.15) is 11.4 Å². The summed E-state index contributed by atoms with van der Waals surface area (Å²) in [6, 6.07) is 15.5. The van der Waals surface area contributed by atoms with Crippen molar-refractivity contribution < 1.29 is 13.2 Å². The lowest BCUT2D eigenvalue weighted by Gasteiger charge is -2.22. The first-order valence-electron chi connectivity index (χ1n) is 12.6. The number of unbranched alkanes of at least 4 members (excludes halogenated alkanes) is 2. The van der Waals surface area contributed by atoms with Crippen molar-refractivity contribution in [3.8, 4) is 0 Å². The van der Waals surface area contributed by atoms with E-state index in [9.17, 15) is 13.2 Å². The van der Waals surface area contributed by atoms with Gasteiger partial charge in [0.25, 0.3) is 0 Å². The molecule has 0 aliphatic heterocycles. The van der Waals surface area contributed by atoms with Crippen molar-refractivity contribution >= 4 is 23.1 Å². The maximum absolute atomic E-state index is 13.7. The second-order valence-corrected chi connectivity index (χ2v) is 9.32. The summed E-state index contributed by atoms with van der Waals surface area (Å²) in [4.78, 5) is 8.14. The Morgan fingerprint density at radius 1 is 0.914 bits per heavy atom. The van der Waals surface area contributed by atoms with Crippen LogP contribution in [0.2, 0.25) is 0 Å². The minimum absolute atomic E-state index is 0.114. The topological polar surface area (TPSA) is 49.8 Å². The van der Waals surface area contributed by atoms with Crippen molar-refractivity contribution in [1.82, 2.24) is 9.97 Å². The van der Waals surface area contributed by atoms with E-state index < -0.39 is 11.7 Å². The van der Waals surface area contributed by atoms with Crippen LogP contribution in [-0.4, -0.2) is 9.97 Å². The van der Waals surface area contributed by atoms with Gasteiger partial charge in [-0.15, -0.1) is 0 Å². The van der Waals surface area contributed by atoms with Crippen LogP contribution in [0.3, 0.4) is 0 Å². The van der Waals surface area contributed by atoms with E-state index in [4.69, 9.17) is 0 Å². The first-order chi connectivity index (χ1) is 16.9. The molecular formula is C28H33F3N4. The zero-order valence-corrected chi connectivity index (χ0v) is 20.2. The van der Waals surface area contributed by atoms with E-state index in [0.717, 1.165) is 43.1 Å². The second-order valence-electron chi connectivity index (χ2n) is 9.32. The third-order valence-electron chi connectivity index (χ3n) is 6.60. The Labute approximate surface area is 205 Å². The third kappa shape index (κ3) is 6.96. The minimum atomic E-state index is -4.57. The number of alkyl halides is 3. The summed E-state index contributed by atoms with van der Waals surface area (Å²) in [6.45, 7) is 2.17. The lowest BCUT2D eigenvalue weighted by Crippen LogP contribution is -2.13. The Balaban J connectivity index is 1.53. The number of hydrogen-bond acceptors (Lipinski definition) is 4. The standard InChI is InChI=1S/C28H33F3N4/c1-2-3-5-9-20-14-16-23(17-15-20)34-27-32-19-25(28(29,30)31)26(35-27)33-24-13-8-12-22(18-24)21-10-6-4-7-11-21/h8,12-19,21H,2-7,9-11H2,1H3,(H2,32,33,34,35). The van der Waals surface area contributed by atoms with E-state index in [1.807, 2.05) is 36.4 Å². The number of nitrogens with one attached hydrogen (secondary N) is 2. The van der Waals surface area contributed by atoms with E-state index >= 15 is 0 Å². The van der Waals surface area contributed by atoms with Gasteiger partial charge in [0.15, 0.2) is 0 Å². The lowest BCUT2D eigenvalue weighted by atomic mass is 9.84. The van der Waals surface area contributed by atoms with E-state index in [-0.39, 0.29) is 11.8 Å². The van der Waals surface area contributed by atoms with Gasteiger partial charge < -0.3 is 10.6 Å². The molecule has 0 saturated heterocycles. The summed E-state index contributed by atoms with van der Waals surface area (Å²) in [5.74, 6) is 0.315. The molecule has 0 amide bonds. The van der Waals surface area contributed by atoms with Crippen LogP contribution in [0.15, 0.2) is 54.7 Å². The molecule has 0 atom stereocenters. The molecule has 0 unspecified atom stereocenters. The maximum Gasteiger partial charge on any atom is 0.421 e. The van der Waals surface area contributed by atoms with Gasteiger partial charge in [-0.2, -0.15) is 18.2 Å². The summed E-state index contributed by atoms with van der Waals surface area (Å²) in [6.07, 6.45) is 6.67. The highest BCUT2D eigenvalue weighted by Crippen LogP contribution is 2.37. The van der Waals surface area contributed by atoms with Crippen molar-refractivity contribution in [3.63, 3.8) is 0 Å². The molecule has 35 heavy (non-hydrogen) atoms. The fourth-order valence-corrected chi connectivity index (χ4v) is 4.65. The van der Waals surface area contributed by atoms with Gasteiger partial charge in [-0.3, -0.25) is 0 Å². The first kappa shape index (κ1) is 25.0. The van der Waals surface area contributed by atoms with Gasteiger partial charge in [0.05, 0.1) is 0 Å². The number of anilines is 4. The van der Waals surface area contributed by atoms with Crippen molar-refractivity contribution in [3.05, 3.63) is 71.4 Å². The molecule has 2 aromatic carbocycles. The zero-order valence-electron chi connectivity index (χ0n) is 20.2. The molecule has 0 spiro atoms. The third-order valence-corrected chi connectivity index (χ3v) is 6.60. The molecule has 1 heterocycles. The Morgan fingerprint density at radius 2 is 1.69 bits per heavy atom. The molecule has 4 rings (SSSR count). The number of nitrogens with zero attached hydrogens (tertiary/aromatic N) is 2. The quantitative estimate of drug-likeness (QED) is 0.299. The minimum Gasteiger partial charge on any atom is -0.340 e. The predicted molar refractivity (Wildman–Crippen MR) is 136 cm³/mol. The molecule has 0 bridgehead atoms. The lowest BCUT2D eigenvalue weighted by molar-refractivity contribution is -0.137. The van der Waals surface area contributed by atoms with Gasteiger partial charge >= 0.3 is 6.18 Å². The predicted octanol–water partition coefficient (Wildman–Crippen LogP) is 8.76. The number of benzene rings is 2. The summed E-state index contributed by atoms with van der Waals surface area (Å²) in [7, 11) is 0. The maximum atomic E-state index is 13.7. The van der Waals surface area contributed by atoms with Crippen molar-refractivity contribution in [1.29, 1.82) is 0 Å². The SMILES string of the molecule is CCCCCc1ccc(Nc2ncc(C(F)(F)F)c(Nc3cccc(C4CCCCC4)c3)n2)cc1. The van der Waals surface area contributed by atoms with Gasteiger partial charge in [-0.05, 0) is 67.0 Å². The Morgan fingerprint density at radius 3 is 2.40 bits per heavy atom. The molecule has 1 aliphatic carbocycles. The van der Waals surface area contributed by atoms with Crippen LogP contribution in [0.1, 0.15) is 80.9 Å². The summed E-state index contributed by atoms with van der Waals surface area (Å²) in [5.41, 5.74) is 2.83. The summed E-state index contributed by atoms with van der Waals surface area (Å²) in [5, 5.41) is 5.95. The number of halogens is 3. The molecule has 7 heteroatoms.